The van der Waals surface area contributed by atoms with E-state index in [1.54, 1.807) is 0 Å². The van der Waals surface area contributed by atoms with E-state index in [1.807, 2.05) is 0 Å². The third-order valence-electron chi connectivity index (χ3n) is 9.82. The van der Waals surface area contributed by atoms with Crippen LogP contribution in [0.5, 0.6) is 0 Å². The lowest BCUT2D eigenvalue weighted by atomic mass is 10.0. The minimum Gasteiger partial charge on any atom is -0.461 e. The van der Waals surface area contributed by atoms with E-state index >= 15 is 0 Å². The average Bonchev–Trinajstić information content (AvgIpc) is 3.16. The van der Waals surface area contributed by atoms with E-state index in [2.05, 4.69) is 72.8 Å². The first-order chi connectivity index (χ1) is 26.7. The number of amides is 1. The minimum atomic E-state index is -1.18. The number of carbonyl (C=O) groups excluding carboxylic acids is 2. The summed E-state index contributed by atoms with van der Waals surface area (Å²) in [5, 5.41) is 13.1. The van der Waals surface area contributed by atoms with E-state index in [4.69, 9.17) is 21.9 Å². The number of aliphatic imine (C=N–C) groups is 1. The second-order valence-corrected chi connectivity index (χ2v) is 15.2. The summed E-state index contributed by atoms with van der Waals surface area (Å²) in [4.78, 5) is 30.0. The van der Waals surface area contributed by atoms with Gasteiger partial charge < -0.3 is 32.4 Å². The highest BCUT2D eigenvalue weighted by molar-refractivity contribution is 5.87. The smallest absolute Gasteiger partial charge is 0.331 e. The number of nitrogens with two attached hydrogens (primary N) is 3. The highest BCUT2D eigenvalue weighted by Gasteiger charge is 2.30. The second-order valence-electron chi connectivity index (χ2n) is 15.2. The molecule has 0 saturated carbocycles. The number of aliphatic hydroxyl groups is 1. The standard InChI is InChI=1S/C46H85N5O4/c1-4-6-8-10-12-14-16-18-20-22-24-26-28-30-32-34-37-41(36-33-31-29-27-25-23-21-19-17-15-13-11-9-7-5-2)55-45(54)43(40(3)52)51-44(53)42(47)38-35-39-50-46(48)49/h12-15,18-21,40-43,52H,4-11,16-17,22-39,47H2,1-3H3,(H,51,53)(H4,48,49,50)/b14-12-,15-13-,20-18-,21-19-. The van der Waals surface area contributed by atoms with E-state index in [-0.39, 0.29) is 12.1 Å². The summed E-state index contributed by atoms with van der Waals surface area (Å²) in [5.41, 5.74) is 16.8. The van der Waals surface area contributed by atoms with Crippen molar-refractivity contribution in [2.75, 3.05) is 6.54 Å². The lowest BCUT2D eigenvalue weighted by Crippen LogP contribution is -2.53. The first-order valence-electron chi connectivity index (χ1n) is 22.3. The summed E-state index contributed by atoms with van der Waals surface area (Å²) in [6, 6.07) is -2.04. The van der Waals surface area contributed by atoms with Gasteiger partial charge >= 0.3 is 5.97 Å². The van der Waals surface area contributed by atoms with Crippen molar-refractivity contribution in [2.24, 2.45) is 22.2 Å². The van der Waals surface area contributed by atoms with Crippen LogP contribution in [0, 0.1) is 0 Å². The average molecular weight is 772 g/mol. The van der Waals surface area contributed by atoms with Gasteiger partial charge in [0.1, 0.15) is 6.10 Å². The van der Waals surface area contributed by atoms with Gasteiger partial charge in [0.25, 0.3) is 0 Å². The van der Waals surface area contributed by atoms with Crippen LogP contribution in [0.3, 0.4) is 0 Å². The van der Waals surface area contributed by atoms with Gasteiger partial charge in [-0.15, -0.1) is 0 Å². The minimum absolute atomic E-state index is 0.0141. The summed E-state index contributed by atoms with van der Waals surface area (Å²) >= 11 is 0. The number of aliphatic hydroxyl groups excluding tert-OH is 1. The molecule has 0 radical (unpaired) electrons. The number of ether oxygens (including phenoxy) is 1. The fraction of sp³-hybridized carbons (Fsp3) is 0.761. The molecule has 1 amide bonds. The number of hydrogen-bond donors (Lipinski definition) is 5. The molecule has 318 valence electrons. The number of nitrogens with one attached hydrogen (secondary N) is 1. The zero-order chi connectivity index (χ0) is 40.6. The lowest BCUT2D eigenvalue weighted by molar-refractivity contribution is -0.157. The van der Waals surface area contributed by atoms with Gasteiger partial charge in [-0.05, 0) is 110 Å². The molecule has 0 fully saturated rings. The molecule has 0 aromatic carbocycles. The molecular formula is C46H85N5O4. The van der Waals surface area contributed by atoms with Crippen LogP contribution in [0.15, 0.2) is 53.6 Å². The molecule has 9 heteroatoms. The molecule has 9 nitrogen and oxygen atoms in total. The van der Waals surface area contributed by atoms with Gasteiger partial charge in [-0.25, -0.2) is 4.79 Å². The summed E-state index contributed by atoms with van der Waals surface area (Å²) in [6.45, 7) is 6.32. The first-order valence-corrected chi connectivity index (χ1v) is 22.3. The van der Waals surface area contributed by atoms with Crippen molar-refractivity contribution in [3.63, 3.8) is 0 Å². The SMILES string of the molecule is CCCCC/C=C\C/C=C\CCCCCCCCC(CCCCCCC/C=C\C/C=C\CCCCC)OC(=O)C(NC(=O)C(N)CCCN=C(N)N)C(C)O. The normalized spacial score (nSPS) is 14.2. The van der Waals surface area contributed by atoms with Crippen molar-refractivity contribution < 1.29 is 19.4 Å². The quantitative estimate of drug-likeness (QED) is 0.0137. The van der Waals surface area contributed by atoms with Crippen LogP contribution in [0.25, 0.3) is 0 Å². The molecule has 0 aromatic rings. The van der Waals surface area contributed by atoms with Gasteiger partial charge in [0, 0.05) is 6.54 Å². The largest absolute Gasteiger partial charge is 0.461 e. The number of guanidine groups is 1. The molecule has 0 saturated heterocycles. The van der Waals surface area contributed by atoms with Crippen molar-refractivity contribution in [3.05, 3.63) is 48.6 Å². The summed E-state index contributed by atoms with van der Waals surface area (Å²) in [5.74, 6) is -1.13. The van der Waals surface area contributed by atoms with Gasteiger partial charge in [-0.3, -0.25) is 9.79 Å². The highest BCUT2D eigenvalue weighted by atomic mass is 16.5. The third kappa shape index (κ3) is 35.3. The monoisotopic (exact) mass is 772 g/mol. The Labute approximate surface area is 337 Å². The highest BCUT2D eigenvalue weighted by Crippen LogP contribution is 2.18. The maximum absolute atomic E-state index is 13.3. The molecule has 4 unspecified atom stereocenters. The van der Waals surface area contributed by atoms with Gasteiger partial charge in [-0.1, -0.05) is 133 Å². The van der Waals surface area contributed by atoms with E-state index < -0.39 is 30.1 Å². The molecule has 4 atom stereocenters. The van der Waals surface area contributed by atoms with Crippen LogP contribution in [0.4, 0.5) is 0 Å². The number of unbranched alkanes of at least 4 members (excludes halogenated alkanes) is 17. The maximum atomic E-state index is 13.3. The molecule has 0 aliphatic carbocycles. The molecule has 0 aromatic heterocycles. The van der Waals surface area contributed by atoms with Crippen LogP contribution >= 0.6 is 0 Å². The van der Waals surface area contributed by atoms with Gasteiger partial charge in [0.2, 0.25) is 5.91 Å². The van der Waals surface area contributed by atoms with Crippen molar-refractivity contribution in [2.45, 2.75) is 218 Å². The Kier molecular flexibility index (Phi) is 37.2. The number of hydrogen-bond acceptors (Lipinski definition) is 6. The van der Waals surface area contributed by atoms with Crippen molar-refractivity contribution >= 4 is 17.8 Å². The molecule has 0 heterocycles. The molecule has 0 aliphatic rings. The molecule has 0 aliphatic heterocycles. The molecule has 55 heavy (non-hydrogen) atoms. The van der Waals surface area contributed by atoms with Crippen molar-refractivity contribution in [1.82, 2.24) is 5.32 Å². The van der Waals surface area contributed by atoms with Gasteiger partial charge in [0.15, 0.2) is 12.0 Å². The van der Waals surface area contributed by atoms with Crippen LogP contribution < -0.4 is 22.5 Å². The number of carbonyl (C=O) groups is 2. The Hall–Kier alpha value is -2.91. The van der Waals surface area contributed by atoms with Crippen molar-refractivity contribution in [3.8, 4) is 0 Å². The van der Waals surface area contributed by atoms with Crippen molar-refractivity contribution in [1.29, 1.82) is 0 Å². The zero-order valence-corrected chi connectivity index (χ0v) is 35.6. The number of nitrogens with zero attached hydrogens (tertiary/aromatic N) is 1. The fourth-order valence-corrected chi connectivity index (χ4v) is 6.33. The van der Waals surface area contributed by atoms with E-state index in [0.717, 1.165) is 70.6 Å². The Morgan fingerprint density at radius 2 is 1.04 bits per heavy atom. The molecule has 0 rings (SSSR count). The fourth-order valence-electron chi connectivity index (χ4n) is 6.33. The van der Waals surface area contributed by atoms with Crippen LogP contribution in [0.1, 0.15) is 194 Å². The predicted octanol–water partition coefficient (Wildman–Crippen LogP) is 10.2. The number of rotatable bonds is 38. The van der Waals surface area contributed by atoms with E-state index in [0.29, 0.717) is 19.4 Å². The Morgan fingerprint density at radius 1 is 0.618 bits per heavy atom. The zero-order valence-electron chi connectivity index (χ0n) is 35.6. The topological polar surface area (TPSA) is 166 Å². The van der Waals surface area contributed by atoms with E-state index in [1.165, 1.54) is 96.8 Å². The number of esters is 1. The maximum Gasteiger partial charge on any atom is 0.331 e. The van der Waals surface area contributed by atoms with Crippen LogP contribution in [-0.4, -0.2) is 53.8 Å². The Bertz CT molecular complexity index is 1050. The van der Waals surface area contributed by atoms with Crippen LogP contribution in [0.2, 0.25) is 0 Å². The Balaban J connectivity index is 4.75. The summed E-state index contributed by atoms with van der Waals surface area (Å²) in [6.07, 6.45) is 46.3. The molecule has 8 N–H and O–H groups in total. The molecule has 0 bridgehead atoms. The molecular weight excluding hydrogens is 687 g/mol. The number of allylic oxidation sites excluding steroid dienone is 8. The lowest BCUT2D eigenvalue weighted by Gasteiger charge is -2.25. The predicted molar refractivity (Wildman–Crippen MR) is 235 cm³/mol. The van der Waals surface area contributed by atoms with Crippen LogP contribution in [-0.2, 0) is 14.3 Å². The summed E-state index contributed by atoms with van der Waals surface area (Å²) < 4.78 is 6.00. The van der Waals surface area contributed by atoms with Gasteiger partial charge in [-0.2, -0.15) is 0 Å². The van der Waals surface area contributed by atoms with Gasteiger partial charge in [0.05, 0.1) is 12.1 Å². The summed E-state index contributed by atoms with van der Waals surface area (Å²) in [7, 11) is 0. The Morgan fingerprint density at radius 3 is 1.45 bits per heavy atom. The first kappa shape index (κ1) is 52.1. The second kappa shape index (κ2) is 39.3. The third-order valence-corrected chi connectivity index (χ3v) is 9.82. The van der Waals surface area contributed by atoms with E-state index in [9.17, 15) is 14.7 Å². The molecule has 0 spiro atoms.